The van der Waals surface area contributed by atoms with Crippen LogP contribution in [0.3, 0.4) is 0 Å². The molecule has 0 aliphatic rings. The summed E-state index contributed by atoms with van der Waals surface area (Å²) in [4.78, 5) is 39.7. The molecule has 0 spiro atoms. The molecule has 0 radical (unpaired) electrons. The van der Waals surface area contributed by atoms with Crippen molar-refractivity contribution in [2.24, 2.45) is 0 Å². The van der Waals surface area contributed by atoms with Crippen molar-refractivity contribution in [2.45, 2.75) is 26.4 Å². The molecule has 134 valence electrons. The fourth-order valence-electron chi connectivity index (χ4n) is 2.98. The minimum atomic E-state index is -0.453. The lowest BCUT2D eigenvalue weighted by Gasteiger charge is -2.19. The zero-order chi connectivity index (χ0) is 18.7. The molecule has 6 heteroatoms. The van der Waals surface area contributed by atoms with Gasteiger partial charge in [0.15, 0.2) is 0 Å². The maximum atomic E-state index is 12.8. The first-order valence-corrected chi connectivity index (χ1v) is 8.58. The Hall–Kier alpha value is -3.15. The Labute approximate surface area is 150 Å². The standard InChI is InChI=1S/C20H21N3O3/c1-3-13-22-19(25)16-11-7-8-12-17(16)23(20(22)26)14-18(24)21(2)15-9-5-4-6-10-15/h4-12H,3,13-14H2,1-2H3. The number of benzene rings is 2. The first-order chi connectivity index (χ1) is 12.5. The van der Waals surface area contributed by atoms with Crippen molar-refractivity contribution in [1.82, 2.24) is 9.13 Å². The van der Waals surface area contributed by atoms with Gasteiger partial charge < -0.3 is 4.90 Å². The van der Waals surface area contributed by atoms with E-state index in [9.17, 15) is 14.4 Å². The summed E-state index contributed by atoms with van der Waals surface area (Å²) in [7, 11) is 1.67. The predicted molar refractivity (Wildman–Crippen MR) is 103 cm³/mol. The fourth-order valence-corrected chi connectivity index (χ4v) is 2.98. The van der Waals surface area contributed by atoms with Crippen LogP contribution in [0.4, 0.5) is 5.69 Å². The molecule has 2 aromatic carbocycles. The van der Waals surface area contributed by atoms with Crippen LogP contribution in [0.15, 0.2) is 64.2 Å². The minimum Gasteiger partial charge on any atom is -0.314 e. The van der Waals surface area contributed by atoms with Gasteiger partial charge in [0.1, 0.15) is 6.54 Å². The average molecular weight is 351 g/mol. The number of rotatable bonds is 5. The zero-order valence-electron chi connectivity index (χ0n) is 14.9. The molecule has 0 aliphatic heterocycles. The maximum Gasteiger partial charge on any atom is 0.331 e. The van der Waals surface area contributed by atoms with E-state index in [1.165, 1.54) is 14.0 Å². The van der Waals surface area contributed by atoms with Crippen LogP contribution >= 0.6 is 0 Å². The van der Waals surface area contributed by atoms with Crippen LogP contribution in [-0.4, -0.2) is 22.1 Å². The lowest BCUT2D eigenvalue weighted by atomic mass is 10.2. The van der Waals surface area contributed by atoms with Crippen LogP contribution < -0.4 is 16.1 Å². The van der Waals surface area contributed by atoms with Gasteiger partial charge in [0.2, 0.25) is 5.91 Å². The molecule has 1 aromatic heterocycles. The summed E-state index contributed by atoms with van der Waals surface area (Å²) in [5.74, 6) is -0.231. The Kier molecular flexibility index (Phi) is 5.02. The molecule has 0 aliphatic carbocycles. The number of amides is 1. The van der Waals surface area contributed by atoms with Gasteiger partial charge in [0.25, 0.3) is 5.56 Å². The molecule has 3 rings (SSSR count). The highest BCUT2D eigenvalue weighted by Crippen LogP contribution is 2.13. The molecule has 0 fully saturated rings. The zero-order valence-corrected chi connectivity index (χ0v) is 14.9. The first-order valence-electron chi connectivity index (χ1n) is 8.58. The number of carbonyl (C=O) groups excluding carboxylic acids is 1. The number of carbonyl (C=O) groups is 1. The predicted octanol–water partition coefficient (Wildman–Crippen LogP) is 2.24. The molecule has 26 heavy (non-hydrogen) atoms. The molecule has 0 saturated heterocycles. The van der Waals surface area contributed by atoms with Crippen LogP contribution in [0.5, 0.6) is 0 Å². The Balaban J connectivity index is 2.08. The Morgan fingerprint density at radius 2 is 1.62 bits per heavy atom. The van der Waals surface area contributed by atoms with Crippen LogP contribution in [-0.2, 0) is 17.9 Å². The molecule has 3 aromatic rings. The molecule has 1 amide bonds. The van der Waals surface area contributed by atoms with Crippen LogP contribution in [0, 0.1) is 0 Å². The molecule has 0 bridgehead atoms. The number of nitrogens with zero attached hydrogens (tertiary/aromatic N) is 3. The number of hydrogen-bond donors (Lipinski definition) is 0. The van der Waals surface area contributed by atoms with Crippen molar-refractivity contribution in [1.29, 1.82) is 0 Å². The summed E-state index contributed by atoms with van der Waals surface area (Å²) in [6.45, 7) is 2.10. The van der Waals surface area contributed by atoms with E-state index in [0.717, 1.165) is 5.69 Å². The van der Waals surface area contributed by atoms with E-state index in [2.05, 4.69) is 0 Å². The van der Waals surface area contributed by atoms with Gasteiger partial charge in [-0.25, -0.2) is 4.79 Å². The number of aromatic nitrogens is 2. The van der Waals surface area contributed by atoms with E-state index in [1.54, 1.807) is 31.3 Å². The molecular weight excluding hydrogens is 330 g/mol. The normalized spacial score (nSPS) is 10.8. The van der Waals surface area contributed by atoms with Gasteiger partial charge in [-0.3, -0.25) is 18.7 Å². The molecule has 1 heterocycles. The Morgan fingerprint density at radius 3 is 2.31 bits per heavy atom. The Bertz CT molecular complexity index is 1050. The largest absolute Gasteiger partial charge is 0.331 e. The van der Waals surface area contributed by atoms with Crippen molar-refractivity contribution in [3.63, 3.8) is 0 Å². The molecule has 0 saturated carbocycles. The van der Waals surface area contributed by atoms with E-state index < -0.39 is 5.69 Å². The van der Waals surface area contributed by atoms with Crippen molar-refractivity contribution in [3.8, 4) is 0 Å². The van der Waals surface area contributed by atoms with Crippen LogP contribution in [0.1, 0.15) is 13.3 Å². The lowest BCUT2D eigenvalue weighted by Crippen LogP contribution is -2.43. The number of likely N-dealkylation sites (N-methyl/N-ethyl adjacent to an activating group) is 1. The number of fused-ring (bicyclic) bond motifs is 1. The van der Waals surface area contributed by atoms with Gasteiger partial charge in [-0.2, -0.15) is 0 Å². The maximum absolute atomic E-state index is 12.8. The van der Waals surface area contributed by atoms with Gasteiger partial charge in [-0.05, 0) is 30.7 Å². The number of anilines is 1. The van der Waals surface area contributed by atoms with Crippen molar-refractivity contribution in [3.05, 3.63) is 75.4 Å². The highest BCUT2D eigenvalue weighted by Gasteiger charge is 2.17. The Morgan fingerprint density at radius 1 is 0.962 bits per heavy atom. The summed E-state index contributed by atoms with van der Waals surface area (Å²) < 4.78 is 2.59. The SMILES string of the molecule is CCCn1c(=O)c2ccccc2n(CC(=O)N(C)c2ccccc2)c1=O. The minimum absolute atomic E-state index is 0.130. The van der Waals surface area contributed by atoms with E-state index >= 15 is 0 Å². The molecule has 0 N–H and O–H groups in total. The molecular formula is C20H21N3O3. The van der Waals surface area contributed by atoms with Crippen LogP contribution in [0.2, 0.25) is 0 Å². The third-order valence-corrected chi connectivity index (χ3v) is 4.39. The van der Waals surface area contributed by atoms with Crippen LogP contribution in [0.25, 0.3) is 10.9 Å². The van der Waals surface area contributed by atoms with Crippen molar-refractivity contribution in [2.75, 3.05) is 11.9 Å². The monoisotopic (exact) mass is 351 g/mol. The third-order valence-electron chi connectivity index (χ3n) is 4.39. The second kappa shape index (κ2) is 7.39. The second-order valence-electron chi connectivity index (χ2n) is 6.13. The van der Waals surface area contributed by atoms with Gasteiger partial charge in [0, 0.05) is 19.3 Å². The van der Waals surface area contributed by atoms with Gasteiger partial charge in [0.05, 0.1) is 10.9 Å². The highest BCUT2D eigenvalue weighted by atomic mass is 16.2. The smallest absolute Gasteiger partial charge is 0.314 e. The van der Waals surface area contributed by atoms with Gasteiger partial charge >= 0.3 is 5.69 Å². The number of hydrogen-bond acceptors (Lipinski definition) is 3. The average Bonchev–Trinajstić information content (AvgIpc) is 2.68. The highest BCUT2D eigenvalue weighted by molar-refractivity contribution is 5.93. The summed E-state index contributed by atoms with van der Waals surface area (Å²) in [6.07, 6.45) is 0.658. The fraction of sp³-hybridized carbons (Fsp3) is 0.250. The first kappa shape index (κ1) is 17.7. The van der Waals surface area contributed by atoms with Crippen molar-refractivity contribution < 1.29 is 4.79 Å². The second-order valence-corrected chi connectivity index (χ2v) is 6.13. The van der Waals surface area contributed by atoms with E-state index in [4.69, 9.17) is 0 Å². The van der Waals surface area contributed by atoms with Gasteiger partial charge in [-0.1, -0.05) is 37.3 Å². The van der Waals surface area contributed by atoms with Crippen molar-refractivity contribution >= 4 is 22.5 Å². The van der Waals surface area contributed by atoms with E-state index in [0.29, 0.717) is 23.9 Å². The third kappa shape index (κ3) is 3.18. The summed E-state index contributed by atoms with van der Waals surface area (Å²) >= 11 is 0. The summed E-state index contributed by atoms with van der Waals surface area (Å²) in [5.41, 5.74) is 0.458. The molecule has 0 unspecified atom stereocenters. The van der Waals surface area contributed by atoms with Gasteiger partial charge in [-0.15, -0.1) is 0 Å². The molecule has 0 atom stereocenters. The summed E-state index contributed by atoms with van der Waals surface area (Å²) in [6, 6.07) is 16.1. The molecule has 6 nitrogen and oxygen atoms in total. The quantitative estimate of drug-likeness (QED) is 0.708. The topological polar surface area (TPSA) is 64.3 Å². The number of para-hydroxylation sites is 2. The summed E-state index contributed by atoms with van der Waals surface area (Å²) in [5, 5.41) is 0.440. The van der Waals surface area contributed by atoms with E-state index in [1.807, 2.05) is 37.3 Å². The van der Waals surface area contributed by atoms with E-state index in [-0.39, 0.29) is 18.0 Å². The lowest BCUT2D eigenvalue weighted by molar-refractivity contribution is -0.118.